The Kier molecular flexibility index (Phi) is 3.86. The molecule has 0 saturated heterocycles. The number of aromatic nitrogens is 2. The fraction of sp³-hybridized carbons (Fsp3) is 0.125. The minimum atomic E-state index is 0.201. The molecule has 2 nitrogen and oxygen atoms in total. The molecule has 20 heavy (non-hydrogen) atoms. The van der Waals surface area contributed by atoms with Gasteiger partial charge in [0.25, 0.3) is 0 Å². The molecule has 0 fully saturated rings. The highest BCUT2D eigenvalue weighted by atomic mass is 35.5. The fourth-order valence-corrected chi connectivity index (χ4v) is 2.56. The highest BCUT2D eigenvalue weighted by molar-refractivity contribution is 6.33. The van der Waals surface area contributed by atoms with Crippen molar-refractivity contribution in [1.29, 1.82) is 0 Å². The second-order valence-electron chi connectivity index (χ2n) is 4.56. The van der Waals surface area contributed by atoms with Crippen molar-refractivity contribution in [2.45, 2.75) is 12.8 Å². The van der Waals surface area contributed by atoms with Crippen LogP contribution in [0, 0.1) is 0 Å². The van der Waals surface area contributed by atoms with E-state index in [4.69, 9.17) is 23.2 Å². The molecule has 1 aliphatic carbocycles. The summed E-state index contributed by atoms with van der Waals surface area (Å²) in [7, 11) is 0. The van der Waals surface area contributed by atoms with E-state index in [9.17, 15) is 0 Å². The Labute approximate surface area is 127 Å². The van der Waals surface area contributed by atoms with Gasteiger partial charge in [0.05, 0.1) is 16.9 Å². The molecule has 0 saturated carbocycles. The van der Waals surface area contributed by atoms with E-state index in [-0.39, 0.29) is 5.28 Å². The third-order valence-electron chi connectivity index (χ3n) is 3.18. The van der Waals surface area contributed by atoms with Gasteiger partial charge in [0.15, 0.2) is 0 Å². The van der Waals surface area contributed by atoms with Crippen molar-refractivity contribution in [2.24, 2.45) is 0 Å². The van der Waals surface area contributed by atoms with E-state index in [0.29, 0.717) is 10.7 Å². The van der Waals surface area contributed by atoms with Gasteiger partial charge in [-0.15, -0.1) is 0 Å². The summed E-state index contributed by atoms with van der Waals surface area (Å²) >= 11 is 12.0. The molecule has 1 aromatic carbocycles. The monoisotopic (exact) mass is 302 g/mol. The smallest absolute Gasteiger partial charge is 0.222 e. The molecular weight excluding hydrogens is 291 g/mol. The summed E-state index contributed by atoms with van der Waals surface area (Å²) in [5, 5.41) is 0.700. The number of rotatable bonds is 2. The molecule has 0 unspecified atom stereocenters. The summed E-state index contributed by atoms with van der Waals surface area (Å²) in [6.07, 6.45) is 10.3. The molecule has 0 aliphatic heterocycles. The van der Waals surface area contributed by atoms with Gasteiger partial charge >= 0.3 is 0 Å². The molecular formula is C16H12Cl2N2. The van der Waals surface area contributed by atoms with E-state index >= 15 is 0 Å². The van der Waals surface area contributed by atoms with Gasteiger partial charge in [-0.25, -0.2) is 9.97 Å². The lowest BCUT2D eigenvalue weighted by Crippen LogP contribution is -1.91. The number of halogens is 2. The average Bonchev–Trinajstić information content (AvgIpc) is 2.51. The van der Waals surface area contributed by atoms with Crippen LogP contribution < -0.4 is 0 Å². The molecule has 2 aromatic rings. The molecule has 1 heterocycles. The molecule has 0 amide bonds. The Morgan fingerprint density at radius 2 is 1.90 bits per heavy atom. The zero-order valence-electron chi connectivity index (χ0n) is 10.7. The third-order valence-corrected chi connectivity index (χ3v) is 3.64. The van der Waals surface area contributed by atoms with Crippen molar-refractivity contribution in [1.82, 2.24) is 9.97 Å². The lowest BCUT2D eigenvalue weighted by Gasteiger charge is -2.09. The van der Waals surface area contributed by atoms with Crippen molar-refractivity contribution in [3.8, 4) is 11.3 Å². The SMILES string of the molecule is Clc1ncc(Cl)c(-c2cccc(C3=CCCC=C3)c2)n1. The number of benzene rings is 1. The molecule has 0 bridgehead atoms. The van der Waals surface area contributed by atoms with E-state index in [2.05, 4.69) is 40.3 Å². The number of hydrogen-bond donors (Lipinski definition) is 0. The van der Waals surface area contributed by atoms with Gasteiger partial charge in [0.1, 0.15) is 0 Å². The summed E-state index contributed by atoms with van der Waals surface area (Å²) in [4.78, 5) is 8.09. The van der Waals surface area contributed by atoms with Gasteiger partial charge in [0, 0.05) is 5.56 Å². The van der Waals surface area contributed by atoms with Gasteiger partial charge in [-0.2, -0.15) is 0 Å². The lowest BCUT2D eigenvalue weighted by atomic mass is 9.97. The van der Waals surface area contributed by atoms with Crippen LogP contribution in [-0.2, 0) is 0 Å². The molecule has 0 N–H and O–H groups in total. The Morgan fingerprint density at radius 1 is 1.05 bits per heavy atom. The molecule has 0 spiro atoms. The van der Waals surface area contributed by atoms with Crippen molar-refractivity contribution < 1.29 is 0 Å². The highest BCUT2D eigenvalue weighted by Gasteiger charge is 2.09. The van der Waals surface area contributed by atoms with Gasteiger partial charge in [0.2, 0.25) is 5.28 Å². The number of nitrogens with zero attached hydrogens (tertiary/aromatic N) is 2. The molecule has 4 heteroatoms. The largest absolute Gasteiger partial charge is 0.225 e. The molecule has 100 valence electrons. The van der Waals surface area contributed by atoms with Crippen LogP contribution >= 0.6 is 23.2 Å². The van der Waals surface area contributed by atoms with Crippen LogP contribution in [0.25, 0.3) is 16.8 Å². The standard InChI is InChI=1S/C16H12Cl2N2/c17-14-10-19-16(18)20-15(14)13-8-4-7-12(9-13)11-5-2-1-3-6-11/h2,4-10H,1,3H2. The first-order valence-corrected chi connectivity index (χ1v) is 7.15. The average molecular weight is 303 g/mol. The maximum atomic E-state index is 6.16. The first-order chi connectivity index (χ1) is 9.74. The predicted molar refractivity (Wildman–Crippen MR) is 83.8 cm³/mol. The predicted octanol–water partition coefficient (Wildman–Crippen LogP) is 5.18. The van der Waals surface area contributed by atoms with Crippen LogP contribution in [0.2, 0.25) is 10.3 Å². The maximum absolute atomic E-state index is 6.16. The summed E-state index contributed by atoms with van der Waals surface area (Å²) in [6, 6.07) is 8.13. The Balaban J connectivity index is 2.05. The van der Waals surface area contributed by atoms with Gasteiger partial charge in [-0.3, -0.25) is 0 Å². The normalized spacial score (nSPS) is 14.2. The summed E-state index contributed by atoms with van der Waals surface area (Å²) in [6.45, 7) is 0. The Hall–Kier alpha value is -1.64. The minimum absolute atomic E-state index is 0.201. The van der Waals surface area contributed by atoms with E-state index in [1.807, 2.05) is 12.1 Å². The zero-order chi connectivity index (χ0) is 13.9. The van der Waals surface area contributed by atoms with Gasteiger partial charge in [-0.05, 0) is 41.6 Å². The van der Waals surface area contributed by atoms with Gasteiger partial charge < -0.3 is 0 Å². The van der Waals surface area contributed by atoms with Crippen LogP contribution in [0.3, 0.4) is 0 Å². The highest BCUT2D eigenvalue weighted by Crippen LogP contribution is 2.29. The molecule has 0 atom stereocenters. The van der Waals surface area contributed by atoms with Crippen molar-refractivity contribution in [3.05, 3.63) is 64.6 Å². The molecule has 0 radical (unpaired) electrons. The lowest BCUT2D eigenvalue weighted by molar-refractivity contribution is 1.04. The van der Waals surface area contributed by atoms with E-state index in [1.165, 1.54) is 11.8 Å². The van der Waals surface area contributed by atoms with Crippen LogP contribution in [0.15, 0.2) is 48.7 Å². The van der Waals surface area contributed by atoms with Crippen LogP contribution in [-0.4, -0.2) is 9.97 Å². The summed E-state index contributed by atoms with van der Waals surface area (Å²) in [5.41, 5.74) is 3.99. The Morgan fingerprint density at radius 3 is 2.70 bits per heavy atom. The quantitative estimate of drug-likeness (QED) is 0.714. The molecule has 1 aliphatic rings. The van der Waals surface area contributed by atoms with Crippen LogP contribution in [0.1, 0.15) is 18.4 Å². The molecule has 3 rings (SSSR count). The van der Waals surface area contributed by atoms with Crippen LogP contribution in [0.5, 0.6) is 0 Å². The van der Waals surface area contributed by atoms with Crippen molar-refractivity contribution in [2.75, 3.05) is 0 Å². The maximum Gasteiger partial charge on any atom is 0.222 e. The van der Waals surface area contributed by atoms with E-state index < -0.39 is 0 Å². The summed E-state index contributed by atoms with van der Waals surface area (Å²) in [5.74, 6) is 0. The second-order valence-corrected chi connectivity index (χ2v) is 5.30. The third kappa shape index (κ3) is 2.77. The van der Waals surface area contributed by atoms with Crippen molar-refractivity contribution in [3.63, 3.8) is 0 Å². The first kappa shape index (κ1) is 13.3. The van der Waals surface area contributed by atoms with E-state index in [0.717, 1.165) is 24.0 Å². The number of hydrogen-bond acceptors (Lipinski definition) is 2. The fourth-order valence-electron chi connectivity index (χ4n) is 2.22. The second kappa shape index (κ2) is 5.78. The minimum Gasteiger partial charge on any atom is -0.225 e. The molecule has 1 aromatic heterocycles. The number of allylic oxidation sites excluding steroid dienone is 4. The van der Waals surface area contributed by atoms with E-state index in [1.54, 1.807) is 0 Å². The first-order valence-electron chi connectivity index (χ1n) is 6.39. The van der Waals surface area contributed by atoms with Crippen LogP contribution in [0.4, 0.5) is 0 Å². The Bertz CT molecular complexity index is 705. The zero-order valence-corrected chi connectivity index (χ0v) is 12.2. The van der Waals surface area contributed by atoms with Gasteiger partial charge in [-0.1, -0.05) is 48.0 Å². The summed E-state index contributed by atoms with van der Waals surface area (Å²) < 4.78 is 0. The topological polar surface area (TPSA) is 25.8 Å². The van der Waals surface area contributed by atoms with Crippen molar-refractivity contribution >= 4 is 28.8 Å².